The summed E-state index contributed by atoms with van der Waals surface area (Å²) < 4.78 is 31.1. The Labute approximate surface area is 281 Å². The van der Waals surface area contributed by atoms with Crippen LogP contribution in [0, 0.1) is 5.92 Å². The van der Waals surface area contributed by atoms with Crippen molar-refractivity contribution < 1.29 is 33.3 Å². The van der Waals surface area contributed by atoms with E-state index in [0.29, 0.717) is 40.3 Å². The van der Waals surface area contributed by atoms with E-state index in [1.807, 2.05) is 76.2 Å². The van der Waals surface area contributed by atoms with Gasteiger partial charge in [0.15, 0.2) is 6.10 Å². The van der Waals surface area contributed by atoms with Crippen molar-refractivity contribution in [3.8, 4) is 5.75 Å². The highest BCUT2D eigenvalue weighted by molar-refractivity contribution is 6.31. The third kappa shape index (κ3) is 7.38. The van der Waals surface area contributed by atoms with Gasteiger partial charge in [-0.15, -0.1) is 0 Å². The molecule has 246 valence electrons. The van der Waals surface area contributed by atoms with Crippen molar-refractivity contribution in [1.82, 2.24) is 0 Å². The summed E-state index contributed by atoms with van der Waals surface area (Å²) in [4.78, 5) is 27.2. The molecule has 6 atom stereocenters. The first-order valence-electron chi connectivity index (χ1n) is 16.0. The van der Waals surface area contributed by atoms with E-state index in [9.17, 15) is 9.59 Å². The molecule has 1 aliphatic rings. The van der Waals surface area contributed by atoms with Gasteiger partial charge in [-0.25, -0.2) is 9.59 Å². The third-order valence-electron chi connectivity index (χ3n) is 8.82. The molecule has 1 aliphatic heterocycles. The van der Waals surface area contributed by atoms with E-state index >= 15 is 0 Å². The van der Waals surface area contributed by atoms with Crippen LogP contribution in [0.1, 0.15) is 77.6 Å². The van der Waals surface area contributed by atoms with E-state index in [0.717, 1.165) is 11.3 Å². The van der Waals surface area contributed by atoms with Gasteiger partial charge in [0.25, 0.3) is 0 Å². The molecule has 0 radical (unpaired) electrons. The highest BCUT2D eigenvalue weighted by Crippen LogP contribution is 2.46. The minimum Gasteiger partial charge on any atom is -0.494 e. The molecule has 8 heteroatoms. The van der Waals surface area contributed by atoms with Crippen LogP contribution < -0.4 is 4.74 Å². The highest BCUT2D eigenvalue weighted by Gasteiger charge is 2.55. The predicted octanol–water partition coefficient (Wildman–Crippen LogP) is 8.59. The molecule has 1 heterocycles. The fraction of sp³-hybridized carbons (Fsp3) is 0.333. The van der Waals surface area contributed by atoms with Crippen molar-refractivity contribution >= 4 is 23.5 Å². The molecule has 1 fully saturated rings. The quantitative estimate of drug-likeness (QED) is 0.150. The van der Waals surface area contributed by atoms with E-state index in [2.05, 4.69) is 0 Å². The van der Waals surface area contributed by atoms with Gasteiger partial charge in [-0.1, -0.05) is 80.0 Å². The largest absolute Gasteiger partial charge is 0.494 e. The Kier molecular flexibility index (Phi) is 11.0. The molecule has 0 N–H and O–H groups in total. The van der Waals surface area contributed by atoms with Crippen molar-refractivity contribution in [1.29, 1.82) is 0 Å². The third-order valence-corrected chi connectivity index (χ3v) is 9.17. The van der Waals surface area contributed by atoms with E-state index in [-0.39, 0.29) is 12.0 Å². The second kappa shape index (κ2) is 15.2. The number of hydrogen-bond donors (Lipinski definition) is 0. The lowest BCUT2D eigenvalue weighted by Crippen LogP contribution is -2.61. The Hall–Kier alpha value is -4.17. The molecule has 4 aromatic carbocycles. The number of methoxy groups -OCH3 is 1. The van der Waals surface area contributed by atoms with Gasteiger partial charge in [0.1, 0.15) is 23.6 Å². The lowest BCUT2D eigenvalue weighted by Gasteiger charge is -2.50. The molecule has 2 unspecified atom stereocenters. The number of carbonyl (C=O) groups is 2. The fourth-order valence-corrected chi connectivity index (χ4v) is 6.47. The van der Waals surface area contributed by atoms with Crippen LogP contribution in [0.4, 0.5) is 0 Å². The summed E-state index contributed by atoms with van der Waals surface area (Å²) in [6.07, 6.45) is -2.03. The summed E-state index contributed by atoms with van der Waals surface area (Å²) in [5, 5.41) is 0.499. The molecule has 0 aliphatic carbocycles. The topological polar surface area (TPSA) is 80.3 Å². The number of hydrogen-bond acceptors (Lipinski definition) is 7. The summed E-state index contributed by atoms with van der Waals surface area (Å²) in [7, 11) is 1.63. The second-order valence-corrected chi connectivity index (χ2v) is 12.2. The van der Waals surface area contributed by atoms with Crippen LogP contribution in [0.2, 0.25) is 5.02 Å². The first-order valence-corrected chi connectivity index (χ1v) is 16.3. The molecule has 4 aromatic rings. The lowest BCUT2D eigenvalue weighted by molar-refractivity contribution is -0.248. The van der Waals surface area contributed by atoms with Gasteiger partial charge in [0.05, 0.1) is 23.8 Å². The Morgan fingerprint density at radius 3 is 2.00 bits per heavy atom. The van der Waals surface area contributed by atoms with Crippen molar-refractivity contribution in [2.24, 2.45) is 5.92 Å². The highest BCUT2D eigenvalue weighted by atomic mass is 35.5. The number of esters is 2. The number of rotatable bonds is 11. The Bertz CT molecular complexity index is 1640. The average Bonchev–Trinajstić information content (AvgIpc) is 3.10. The summed E-state index contributed by atoms with van der Waals surface area (Å²) in [5.41, 5.74) is 1.82. The minimum atomic E-state index is -1.24. The van der Waals surface area contributed by atoms with Gasteiger partial charge in [0.2, 0.25) is 0 Å². The molecular weight excluding hydrogens is 616 g/mol. The van der Waals surface area contributed by atoms with Gasteiger partial charge in [0, 0.05) is 23.6 Å². The zero-order chi connectivity index (χ0) is 33.6. The van der Waals surface area contributed by atoms with Crippen molar-refractivity contribution in [2.45, 2.75) is 64.1 Å². The van der Waals surface area contributed by atoms with Crippen LogP contribution in [0.3, 0.4) is 0 Å². The van der Waals surface area contributed by atoms with E-state index < -0.39 is 35.9 Å². The second-order valence-electron chi connectivity index (χ2n) is 11.8. The Morgan fingerprint density at radius 2 is 1.45 bits per heavy atom. The maximum absolute atomic E-state index is 13.7. The molecule has 1 saturated heterocycles. The van der Waals surface area contributed by atoms with Gasteiger partial charge in [-0.2, -0.15) is 0 Å². The van der Waals surface area contributed by atoms with Crippen LogP contribution in [-0.4, -0.2) is 44.0 Å². The SMILES string of the molecule is CCOc1ccc(C(OC)c2cc(C3(C)O[C@H](CC)[C@@H](C)[C@H](OC(=O)c4ccccc4)[C@H]3OC(=O)c3ccccc3)ccc2Cl)cc1. The predicted molar refractivity (Wildman–Crippen MR) is 181 cm³/mol. The molecular formula is C39H41ClO7. The fourth-order valence-electron chi connectivity index (χ4n) is 6.25. The molecule has 47 heavy (non-hydrogen) atoms. The van der Waals surface area contributed by atoms with Crippen LogP contribution in [0.25, 0.3) is 0 Å². The molecule has 0 bridgehead atoms. The van der Waals surface area contributed by atoms with Gasteiger partial charge in [-0.3, -0.25) is 0 Å². The molecule has 0 amide bonds. The Morgan fingerprint density at radius 1 is 0.851 bits per heavy atom. The maximum atomic E-state index is 13.7. The van der Waals surface area contributed by atoms with Crippen molar-refractivity contribution in [3.05, 3.63) is 136 Å². The van der Waals surface area contributed by atoms with Gasteiger partial charge < -0.3 is 23.7 Å². The minimum absolute atomic E-state index is 0.295. The summed E-state index contributed by atoms with van der Waals surface area (Å²) in [6.45, 7) is 8.36. The number of ether oxygens (including phenoxy) is 5. The van der Waals surface area contributed by atoms with E-state index in [1.54, 1.807) is 61.7 Å². The van der Waals surface area contributed by atoms with Gasteiger partial charge >= 0.3 is 11.9 Å². The summed E-state index contributed by atoms with van der Waals surface area (Å²) in [5.74, 6) is -0.592. The standard InChI is InChI=1S/C39H41ClO7/c1-6-33-25(3)34(45-37(41)27-14-10-8-11-15-27)36(46-38(42)28-16-12-9-13-17-28)39(4,47-33)29-20-23-32(40)31(24-29)35(43-5)26-18-21-30(22-19-26)44-7-2/h8-25,33-36H,6-7H2,1-5H3/t25-,33-,34+,35?,36-,39?/m1/s1. The van der Waals surface area contributed by atoms with Crippen molar-refractivity contribution in [2.75, 3.05) is 13.7 Å². The smallest absolute Gasteiger partial charge is 0.338 e. The van der Waals surface area contributed by atoms with Crippen LogP contribution >= 0.6 is 11.6 Å². The number of carbonyl (C=O) groups excluding carboxylic acids is 2. The maximum Gasteiger partial charge on any atom is 0.338 e. The number of benzene rings is 4. The normalized spacial score (nSPS) is 23.0. The van der Waals surface area contributed by atoms with Crippen molar-refractivity contribution in [3.63, 3.8) is 0 Å². The number of halogens is 1. The van der Waals surface area contributed by atoms with E-state index in [1.165, 1.54) is 0 Å². The summed E-state index contributed by atoms with van der Waals surface area (Å²) in [6, 6.07) is 30.8. The summed E-state index contributed by atoms with van der Waals surface area (Å²) >= 11 is 6.83. The Balaban J connectivity index is 1.59. The molecule has 7 nitrogen and oxygen atoms in total. The van der Waals surface area contributed by atoms with E-state index in [4.69, 9.17) is 35.3 Å². The van der Waals surface area contributed by atoms with Gasteiger partial charge in [-0.05, 0) is 79.9 Å². The zero-order valence-electron chi connectivity index (χ0n) is 27.4. The molecule has 5 rings (SSSR count). The zero-order valence-corrected chi connectivity index (χ0v) is 28.1. The van der Waals surface area contributed by atoms with Crippen LogP contribution in [-0.2, 0) is 24.5 Å². The first kappa shape index (κ1) is 34.2. The first-order chi connectivity index (χ1) is 22.7. The average molecular weight is 657 g/mol. The molecule has 0 aromatic heterocycles. The monoisotopic (exact) mass is 656 g/mol. The molecule has 0 saturated carbocycles. The molecule has 0 spiro atoms. The lowest BCUT2D eigenvalue weighted by atomic mass is 9.76. The van der Waals surface area contributed by atoms with Crippen LogP contribution in [0.15, 0.2) is 103 Å². The van der Waals surface area contributed by atoms with Crippen LogP contribution in [0.5, 0.6) is 5.75 Å².